The molecule has 104 valence electrons. The maximum atomic E-state index is 11.7. The van der Waals surface area contributed by atoms with Gasteiger partial charge in [0.15, 0.2) is 0 Å². The molecule has 0 unspecified atom stereocenters. The first-order valence-electron chi connectivity index (χ1n) is 6.51. The van der Waals surface area contributed by atoms with Crippen LogP contribution in [0.15, 0.2) is 23.1 Å². The smallest absolute Gasteiger partial charge is 0.338 e. The molecule has 0 atom stereocenters. The number of nitrogen functional groups attached to an aromatic ring is 1. The molecule has 5 heteroatoms. The maximum absolute atomic E-state index is 11.7. The van der Waals surface area contributed by atoms with E-state index in [0.29, 0.717) is 23.1 Å². The van der Waals surface area contributed by atoms with Crippen LogP contribution in [0.25, 0.3) is 0 Å². The van der Waals surface area contributed by atoms with E-state index in [2.05, 4.69) is 0 Å². The number of rotatable bonds is 4. The van der Waals surface area contributed by atoms with Gasteiger partial charge in [-0.15, -0.1) is 11.8 Å². The molecule has 1 aliphatic rings. The van der Waals surface area contributed by atoms with Gasteiger partial charge in [-0.2, -0.15) is 0 Å². The Kier molecular flexibility index (Phi) is 5.10. The Balaban J connectivity index is 2.10. The van der Waals surface area contributed by atoms with E-state index in [9.17, 15) is 4.79 Å². The van der Waals surface area contributed by atoms with E-state index >= 15 is 0 Å². The van der Waals surface area contributed by atoms with Crippen LogP contribution in [0.1, 0.15) is 30.1 Å². The van der Waals surface area contributed by atoms with Crippen molar-refractivity contribution in [3.8, 4) is 0 Å². The monoisotopic (exact) mass is 281 g/mol. The van der Waals surface area contributed by atoms with Crippen LogP contribution in [0.5, 0.6) is 0 Å². The summed E-state index contributed by atoms with van der Waals surface area (Å²) in [5, 5.41) is 0.508. The van der Waals surface area contributed by atoms with Crippen LogP contribution in [0.4, 0.5) is 5.69 Å². The molecule has 0 radical (unpaired) electrons. The highest BCUT2D eigenvalue weighted by Crippen LogP contribution is 2.34. The number of carbonyl (C=O) groups is 1. The zero-order valence-electron chi connectivity index (χ0n) is 11.1. The molecule has 1 heterocycles. The van der Waals surface area contributed by atoms with Crippen molar-refractivity contribution >= 4 is 23.4 Å². The van der Waals surface area contributed by atoms with Gasteiger partial charge in [-0.1, -0.05) is 0 Å². The zero-order chi connectivity index (χ0) is 13.7. The van der Waals surface area contributed by atoms with Crippen LogP contribution in [-0.4, -0.2) is 31.0 Å². The van der Waals surface area contributed by atoms with E-state index in [1.807, 2.05) is 6.07 Å². The molecule has 0 spiro atoms. The van der Waals surface area contributed by atoms with Crippen molar-refractivity contribution in [2.24, 2.45) is 0 Å². The van der Waals surface area contributed by atoms with Crippen LogP contribution in [0.3, 0.4) is 0 Å². The van der Waals surface area contributed by atoms with E-state index in [1.165, 1.54) is 0 Å². The third-order valence-electron chi connectivity index (χ3n) is 2.99. The van der Waals surface area contributed by atoms with Crippen molar-refractivity contribution in [2.45, 2.75) is 29.9 Å². The minimum atomic E-state index is -0.295. The second-order valence-corrected chi connectivity index (χ2v) is 5.74. The van der Waals surface area contributed by atoms with Gasteiger partial charge in [0.25, 0.3) is 0 Å². The van der Waals surface area contributed by atoms with Gasteiger partial charge < -0.3 is 15.2 Å². The van der Waals surface area contributed by atoms with Gasteiger partial charge in [-0.3, -0.25) is 0 Å². The number of hydrogen-bond donors (Lipinski definition) is 1. The first-order valence-corrected chi connectivity index (χ1v) is 7.39. The number of hydrogen-bond acceptors (Lipinski definition) is 5. The summed E-state index contributed by atoms with van der Waals surface area (Å²) in [5.74, 6) is -0.295. The van der Waals surface area contributed by atoms with Crippen molar-refractivity contribution < 1.29 is 14.3 Å². The van der Waals surface area contributed by atoms with Crippen LogP contribution in [-0.2, 0) is 9.47 Å². The van der Waals surface area contributed by atoms with Gasteiger partial charge >= 0.3 is 5.97 Å². The summed E-state index contributed by atoms with van der Waals surface area (Å²) in [6.07, 6.45) is 2.04. The minimum absolute atomic E-state index is 0.295. The highest BCUT2D eigenvalue weighted by Gasteiger charge is 2.17. The standard InChI is InChI=1S/C14H19NO3S/c1-2-18-14(16)10-3-4-12(15)13(9-10)19-11-5-7-17-8-6-11/h3-4,9,11H,2,5-8,15H2,1H3. The fourth-order valence-corrected chi connectivity index (χ4v) is 3.14. The predicted molar refractivity (Wildman–Crippen MR) is 76.5 cm³/mol. The molecule has 0 bridgehead atoms. The van der Waals surface area contributed by atoms with Crippen molar-refractivity contribution in [1.82, 2.24) is 0 Å². The summed E-state index contributed by atoms with van der Waals surface area (Å²) in [5.41, 5.74) is 7.25. The van der Waals surface area contributed by atoms with Crippen LogP contribution in [0, 0.1) is 0 Å². The molecule has 0 aliphatic carbocycles. The number of benzene rings is 1. The summed E-state index contributed by atoms with van der Waals surface area (Å²) < 4.78 is 10.3. The molecular formula is C14H19NO3S. The molecule has 1 aromatic carbocycles. The van der Waals surface area contributed by atoms with Gasteiger partial charge in [-0.05, 0) is 38.0 Å². The van der Waals surface area contributed by atoms with Crippen LogP contribution >= 0.6 is 11.8 Å². The van der Waals surface area contributed by atoms with Crippen molar-refractivity contribution in [2.75, 3.05) is 25.6 Å². The quantitative estimate of drug-likeness (QED) is 0.679. The molecule has 1 aromatic rings. The summed E-state index contributed by atoms with van der Waals surface area (Å²) in [6.45, 7) is 3.78. The average molecular weight is 281 g/mol. The summed E-state index contributed by atoms with van der Waals surface area (Å²) in [6, 6.07) is 5.31. The number of esters is 1. The largest absolute Gasteiger partial charge is 0.462 e. The van der Waals surface area contributed by atoms with E-state index in [-0.39, 0.29) is 5.97 Å². The molecule has 0 saturated carbocycles. The molecule has 0 amide bonds. The number of carbonyl (C=O) groups excluding carboxylic acids is 1. The Labute approximate surface area is 117 Å². The number of nitrogens with two attached hydrogens (primary N) is 1. The molecule has 19 heavy (non-hydrogen) atoms. The second-order valence-electron chi connectivity index (χ2n) is 4.40. The zero-order valence-corrected chi connectivity index (χ0v) is 11.9. The third kappa shape index (κ3) is 3.88. The van der Waals surface area contributed by atoms with E-state index < -0.39 is 0 Å². The van der Waals surface area contributed by atoms with E-state index in [0.717, 1.165) is 31.0 Å². The predicted octanol–water partition coefficient (Wildman–Crippen LogP) is 2.72. The molecule has 1 saturated heterocycles. The Morgan fingerprint density at radius 3 is 2.89 bits per heavy atom. The fraction of sp³-hybridized carbons (Fsp3) is 0.500. The van der Waals surface area contributed by atoms with Gasteiger partial charge in [0, 0.05) is 29.0 Å². The molecule has 2 N–H and O–H groups in total. The Bertz CT molecular complexity index is 444. The Morgan fingerprint density at radius 1 is 1.47 bits per heavy atom. The van der Waals surface area contributed by atoms with E-state index in [4.69, 9.17) is 15.2 Å². The lowest BCUT2D eigenvalue weighted by molar-refractivity contribution is 0.0526. The molecule has 1 fully saturated rings. The number of anilines is 1. The van der Waals surface area contributed by atoms with Gasteiger partial charge in [0.05, 0.1) is 12.2 Å². The highest BCUT2D eigenvalue weighted by atomic mass is 32.2. The second kappa shape index (κ2) is 6.82. The van der Waals surface area contributed by atoms with Crippen molar-refractivity contribution in [3.05, 3.63) is 23.8 Å². The molecular weight excluding hydrogens is 262 g/mol. The van der Waals surface area contributed by atoms with Crippen molar-refractivity contribution in [1.29, 1.82) is 0 Å². The van der Waals surface area contributed by atoms with Crippen LogP contribution < -0.4 is 5.73 Å². The third-order valence-corrected chi connectivity index (χ3v) is 4.40. The summed E-state index contributed by atoms with van der Waals surface area (Å²) in [4.78, 5) is 12.7. The first kappa shape index (κ1) is 14.2. The topological polar surface area (TPSA) is 61.5 Å². The lowest BCUT2D eigenvalue weighted by atomic mass is 10.2. The minimum Gasteiger partial charge on any atom is -0.462 e. The Morgan fingerprint density at radius 2 is 2.21 bits per heavy atom. The maximum Gasteiger partial charge on any atom is 0.338 e. The Hall–Kier alpha value is -1.20. The molecule has 0 aromatic heterocycles. The average Bonchev–Trinajstić information content (AvgIpc) is 2.42. The van der Waals surface area contributed by atoms with Gasteiger partial charge in [0.1, 0.15) is 0 Å². The summed E-state index contributed by atoms with van der Waals surface area (Å²) >= 11 is 1.73. The van der Waals surface area contributed by atoms with E-state index in [1.54, 1.807) is 30.8 Å². The summed E-state index contributed by atoms with van der Waals surface area (Å²) in [7, 11) is 0. The fourth-order valence-electron chi connectivity index (χ4n) is 1.95. The highest BCUT2D eigenvalue weighted by molar-refractivity contribution is 8.00. The molecule has 4 nitrogen and oxygen atoms in total. The number of thioether (sulfide) groups is 1. The lowest BCUT2D eigenvalue weighted by Crippen LogP contribution is -2.17. The van der Waals surface area contributed by atoms with Crippen molar-refractivity contribution in [3.63, 3.8) is 0 Å². The SMILES string of the molecule is CCOC(=O)c1ccc(N)c(SC2CCOCC2)c1. The first-order chi connectivity index (χ1) is 9.20. The van der Waals surface area contributed by atoms with Crippen LogP contribution in [0.2, 0.25) is 0 Å². The molecule has 1 aliphatic heterocycles. The lowest BCUT2D eigenvalue weighted by Gasteiger charge is -2.22. The number of ether oxygens (including phenoxy) is 2. The molecule has 2 rings (SSSR count). The normalized spacial score (nSPS) is 16.3. The van der Waals surface area contributed by atoms with Gasteiger partial charge in [0.2, 0.25) is 0 Å². The van der Waals surface area contributed by atoms with Gasteiger partial charge in [-0.25, -0.2) is 4.79 Å².